The van der Waals surface area contributed by atoms with Crippen molar-refractivity contribution >= 4 is 39.9 Å². The van der Waals surface area contributed by atoms with Crippen molar-refractivity contribution in [3.8, 4) is 0 Å². The first-order valence-electron chi connectivity index (χ1n) is 6.63. The number of amides is 3. The van der Waals surface area contributed by atoms with Gasteiger partial charge < -0.3 is 10.1 Å². The highest BCUT2D eigenvalue weighted by Gasteiger charge is 2.18. The van der Waals surface area contributed by atoms with Crippen molar-refractivity contribution < 1.29 is 28.4 Å². The number of nitro groups is 1. The zero-order valence-corrected chi connectivity index (χ0v) is 13.2. The molecule has 2 N–H and O–H groups in total. The molecule has 0 aliphatic carbocycles. The summed E-state index contributed by atoms with van der Waals surface area (Å²) >= 11 is 0.592. The average Bonchev–Trinajstić information content (AvgIpc) is 3.05. The van der Waals surface area contributed by atoms with Crippen LogP contribution in [-0.2, 0) is 9.53 Å². The van der Waals surface area contributed by atoms with E-state index in [2.05, 4.69) is 10.1 Å². The molecule has 1 heterocycles. The smallest absolute Gasteiger partial charge is 0.349 e. The third-order valence-electron chi connectivity index (χ3n) is 2.68. The van der Waals surface area contributed by atoms with E-state index in [1.807, 2.05) is 5.32 Å². The van der Waals surface area contributed by atoms with Gasteiger partial charge in [0.1, 0.15) is 10.7 Å². The Kier molecular flexibility index (Phi) is 5.74. The maximum atomic E-state index is 13.3. The lowest BCUT2D eigenvalue weighted by atomic mass is 10.3. The van der Waals surface area contributed by atoms with E-state index in [0.29, 0.717) is 11.3 Å². The van der Waals surface area contributed by atoms with Crippen molar-refractivity contribution in [3.63, 3.8) is 0 Å². The van der Waals surface area contributed by atoms with Crippen LogP contribution in [0.5, 0.6) is 0 Å². The third kappa shape index (κ3) is 5.07. The molecule has 130 valence electrons. The molecule has 1 aromatic carbocycles. The molecule has 25 heavy (non-hydrogen) atoms. The zero-order chi connectivity index (χ0) is 18.4. The van der Waals surface area contributed by atoms with Crippen LogP contribution >= 0.6 is 11.3 Å². The van der Waals surface area contributed by atoms with Gasteiger partial charge in [-0.15, -0.1) is 0 Å². The molecule has 3 amide bonds. The SMILES string of the molecule is O=C(COC(=O)c1ccc([N+](=O)[O-])s1)NC(=O)Nc1ccccc1F. The average molecular weight is 367 g/mol. The first-order valence-corrected chi connectivity index (χ1v) is 7.45. The Labute approximate surface area is 143 Å². The van der Waals surface area contributed by atoms with Crippen molar-refractivity contribution in [2.45, 2.75) is 0 Å². The van der Waals surface area contributed by atoms with Gasteiger partial charge in [0.05, 0.1) is 10.6 Å². The maximum Gasteiger partial charge on any atom is 0.349 e. The van der Waals surface area contributed by atoms with Crippen LogP contribution < -0.4 is 10.6 Å². The lowest BCUT2D eigenvalue weighted by molar-refractivity contribution is -0.380. The van der Waals surface area contributed by atoms with Crippen LogP contribution in [0, 0.1) is 15.9 Å². The summed E-state index contributed by atoms with van der Waals surface area (Å²) in [6.45, 7) is -0.783. The van der Waals surface area contributed by atoms with Crippen LogP contribution in [0.2, 0.25) is 0 Å². The molecule has 0 spiro atoms. The topological polar surface area (TPSA) is 128 Å². The van der Waals surface area contributed by atoms with E-state index in [4.69, 9.17) is 0 Å². The molecule has 9 nitrogen and oxygen atoms in total. The first kappa shape index (κ1) is 18.0. The molecule has 0 radical (unpaired) electrons. The number of nitrogens with zero attached hydrogens (tertiary/aromatic N) is 1. The van der Waals surface area contributed by atoms with E-state index in [-0.39, 0.29) is 15.6 Å². The molecule has 0 aliphatic heterocycles. The monoisotopic (exact) mass is 367 g/mol. The highest BCUT2D eigenvalue weighted by Crippen LogP contribution is 2.24. The fourth-order valence-corrected chi connectivity index (χ4v) is 2.33. The quantitative estimate of drug-likeness (QED) is 0.474. The minimum absolute atomic E-state index is 0.0599. The number of rotatable bonds is 5. The Morgan fingerprint density at radius 2 is 1.92 bits per heavy atom. The number of anilines is 1. The van der Waals surface area contributed by atoms with E-state index < -0.39 is 35.3 Å². The predicted molar refractivity (Wildman–Crippen MR) is 84.8 cm³/mol. The molecule has 2 aromatic rings. The number of urea groups is 1. The van der Waals surface area contributed by atoms with Gasteiger partial charge in [0, 0.05) is 6.07 Å². The van der Waals surface area contributed by atoms with E-state index in [0.717, 1.165) is 12.1 Å². The molecule has 0 saturated carbocycles. The van der Waals surface area contributed by atoms with Gasteiger partial charge in [0.2, 0.25) is 0 Å². The second-order valence-electron chi connectivity index (χ2n) is 4.45. The van der Waals surface area contributed by atoms with E-state index >= 15 is 0 Å². The Hall–Kier alpha value is -3.34. The number of thiophene rings is 1. The number of hydrogen-bond acceptors (Lipinski definition) is 7. The number of hydrogen-bond donors (Lipinski definition) is 2. The van der Waals surface area contributed by atoms with Gasteiger partial charge >= 0.3 is 17.0 Å². The standard InChI is InChI=1S/C14H10FN3O6S/c15-8-3-1-2-4-9(8)16-14(21)17-11(19)7-24-13(20)10-5-6-12(25-10)18(22)23/h1-6H,7H2,(H2,16,17,19,21). The lowest BCUT2D eigenvalue weighted by Gasteiger charge is -2.07. The molecule has 11 heteroatoms. The molecule has 1 aromatic heterocycles. The van der Waals surface area contributed by atoms with Crippen LogP contribution in [0.4, 0.5) is 19.9 Å². The second kappa shape index (κ2) is 7.97. The van der Waals surface area contributed by atoms with Crippen molar-refractivity contribution in [2.75, 3.05) is 11.9 Å². The Morgan fingerprint density at radius 3 is 2.56 bits per heavy atom. The Balaban J connectivity index is 1.81. The van der Waals surface area contributed by atoms with Crippen molar-refractivity contribution in [1.29, 1.82) is 0 Å². The zero-order valence-electron chi connectivity index (χ0n) is 12.4. The van der Waals surface area contributed by atoms with Crippen LogP contribution in [-0.4, -0.2) is 29.4 Å². The molecule has 0 aliphatic rings. The summed E-state index contributed by atoms with van der Waals surface area (Å²) in [5, 5.41) is 14.2. The van der Waals surface area contributed by atoms with Crippen molar-refractivity contribution in [1.82, 2.24) is 5.32 Å². The molecule has 0 atom stereocenters. The van der Waals surface area contributed by atoms with Gasteiger partial charge in [-0.3, -0.25) is 20.2 Å². The fourth-order valence-electron chi connectivity index (χ4n) is 1.62. The van der Waals surface area contributed by atoms with Gasteiger partial charge in [0.25, 0.3) is 5.91 Å². The van der Waals surface area contributed by atoms with Crippen molar-refractivity contribution in [2.24, 2.45) is 0 Å². The lowest BCUT2D eigenvalue weighted by Crippen LogP contribution is -2.37. The predicted octanol–water partition coefficient (Wildman–Crippen LogP) is 2.30. The number of halogens is 1. The highest BCUT2D eigenvalue weighted by molar-refractivity contribution is 7.17. The third-order valence-corrected chi connectivity index (χ3v) is 3.70. The normalized spacial score (nSPS) is 9.96. The summed E-state index contributed by atoms with van der Waals surface area (Å²) in [5.74, 6) is -2.58. The summed E-state index contributed by atoms with van der Waals surface area (Å²) in [4.78, 5) is 44.5. The number of para-hydroxylation sites is 1. The molecule has 0 unspecified atom stereocenters. The number of ether oxygens (including phenoxy) is 1. The second-order valence-corrected chi connectivity index (χ2v) is 5.52. The number of nitrogens with one attached hydrogen (secondary N) is 2. The van der Waals surface area contributed by atoms with E-state index in [1.54, 1.807) is 0 Å². The summed E-state index contributed by atoms with van der Waals surface area (Å²) in [5.41, 5.74) is -0.129. The minimum atomic E-state index is -1.00. The molecule has 2 rings (SSSR count). The number of esters is 1. The van der Waals surface area contributed by atoms with Crippen LogP contribution in [0.3, 0.4) is 0 Å². The van der Waals surface area contributed by atoms with Crippen LogP contribution in [0.1, 0.15) is 9.67 Å². The summed E-state index contributed by atoms with van der Waals surface area (Å²) < 4.78 is 18.0. The van der Waals surface area contributed by atoms with E-state index in [1.165, 1.54) is 24.3 Å². The number of carbonyl (C=O) groups is 3. The molecule has 0 saturated heterocycles. The Morgan fingerprint density at radius 1 is 1.20 bits per heavy atom. The van der Waals surface area contributed by atoms with Crippen LogP contribution in [0.15, 0.2) is 36.4 Å². The highest BCUT2D eigenvalue weighted by atomic mass is 32.1. The number of imide groups is 1. The molecule has 0 fully saturated rings. The first-order chi connectivity index (χ1) is 11.9. The van der Waals surface area contributed by atoms with Gasteiger partial charge in [-0.1, -0.05) is 23.5 Å². The molecular formula is C14H10FN3O6S. The Bertz CT molecular complexity index is 837. The van der Waals surface area contributed by atoms with Gasteiger partial charge in [0.15, 0.2) is 6.61 Å². The van der Waals surface area contributed by atoms with E-state index in [9.17, 15) is 28.9 Å². The summed E-state index contributed by atoms with van der Waals surface area (Å²) in [7, 11) is 0. The number of benzene rings is 1. The summed E-state index contributed by atoms with van der Waals surface area (Å²) in [6, 6.07) is 6.65. The van der Waals surface area contributed by atoms with Gasteiger partial charge in [-0.2, -0.15) is 0 Å². The fraction of sp³-hybridized carbons (Fsp3) is 0.0714. The maximum absolute atomic E-state index is 13.3. The van der Waals surface area contributed by atoms with Crippen molar-refractivity contribution in [3.05, 3.63) is 57.2 Å². The van der Waals surface area contributed by atoms with Gasteiger partial charge in [-0.25, -0.2) is 14.0 Å². The largest absolute Gasteiger partial charge is 0.451 e. The van der Waals surface area contributed by atoms with Gasteiger partial charge in [-0.05, 0) is 18.2 Å². The minimum Gasteiger partial charge on any atom is -0.451 e. The molecule has 0 bridgehead atoms. The van der Waals surface area contributed by atoms with Crippen LogP contribution in [0.25, 0.3) is 0 Å². The molecular weight excluding hydrogens is 357 g/mol. The number of carbonyl (C=O) groups excluding carboxylic acids is 3. The summed E-state index contributed by atoms with van der Waals surface area (Å²) in [6.07, 6.45) is 0.